The van der Waals surface area contributed by atoms with Gasteiger partial charge in [-0.25, -0.2) is 0 Å². The first-order chi connectivity index (χ1) is 8.18. The number of imidazole rings is 1. The van der Waals surface area contributed by atoms with Crippen LogP contribution in [0.15, 0.2) is 18.5 Å². The van der Waals surface area contributed by atoms with Crippen LogP contribution in [0.1, 0.15) is 40.0 Å². The highest BCUT2D eigenvalue weighted by molar-refractivity contribution is 7.71. The van der Waals surface area contributed by atoms with Crippen LogP contribution in [0.2, 0.25) is 0 Å². The fraction of sp³-hybridized carbons (Fsp3) is 0.538. The van der Waals surface area contributed by atoms with E-state index in [9.17, 15) is 0 Å². The summed E-state index contributed by atoms with van der Waals surface area (Å²) in [5, 5.41) is 0. The maximum atomic E-state index is 5.48. The average Bonchev–Trinajstić information content (AvgIpc) is 2.70. The Labute approximate surface area is 107 Å². The van der Waals surface area contributed by atoms with E-state index in [2.05, 4.69) is 35.3 Å². The summed E-state index contributed by atoms with van der Waals surface area (Å²) in [4.78, 5) is 7.39. The Bertz CT molecular complexity index is 555. The van der Waals surface area contributed by atoms with Crippen molar-refractivity contribution in [2.45, 2.75) is 45.6 Å². The van der Waals surface area contributed by atoms with Crippen LogP contribution in [0.25, 0.3) is 11.0 Å². The summed E-state index contributed by atoms with van der Waals surface area (Å²) < 4.78 is 3.08. The summed E-state index contributed by atoms with van der Waals surface area (Å²) in [5.74, 6) is 0. The summed E-state index contributed by atoms with van der Waals surface area (Å²) in [5.41, 5.74) is 2.31. The molecule has 17 heavy (non-hydrogen) atoms. The standard InChI is InChI=1S/C13H19N3S/c1-4-13(5-2,6-3)16-11-7-8-14-9-10(11)15-12(16)17/h7-9H,4-6H2,1-3H3,(H,15,17). The normalized spacial score (nSPS) is 12.2. The van der Waals surface area contributed by atoms with Gasteiger partial charge in [0.25, 0.3) is 0 Å². The molecule has 0 radical (unpaired) electrons. The number of pyridine rings is 1. The molecule has 92 valence electrons. The zero-order chi connectivity index (χ0) is 12.5. The van der Waals surface area contributed by atoms with Gasteiger partial charge in [0, 0.05) is 11.7 Å². The molecule has 0 atom stereocenters. The molecule has 2 aromatic rings. The van der Waals surface area contributed by atoms with E-state index in [1.807, 2.05) is 18.5 Å². The van der Waals surface area contributed by atoms with Crippen molar-refractivity contribution in [3.63, 3.8) is 0 Å². The van der Waals surface area contributed by atoms with Gasteiger partial charge in [0.15, 0.2) is 4.77 Å². The van der Waals surface area contributed by atoms with Crippen LogP contribution in [0.3, 0.4) is 0 Å². The summed E-state index contributed by atoms with van der Waals surface area (Å²) in [7, 11) is 0. The molecule has 0 unspecified atom stereocenters. The first-order valence-corrected chi connectivity index (χ1v) is 6.64. The minimum Gasteiger partial charge on any atom is -0.329 e. The van der Waals surface area contributed by atoms with E-state index in [4.69, 9.17) is 12.2 Å². The number of hydrogen-bond acceptors (Lipinski definition) is 2. The number of rotatable bonds is 4. The molecule has 0 spiro atoms. The second-order valence-corrected chi connectivity index (χ2v) is 4.83. The molecule has 0 aliphatic heterocycles. The van der Waals surface area contributed by atoms with Gasteiger partial charge in [-0.3, -0.25) is 4.98 Å². The van der Waals surface area contributed by atoms with E-state index in [0.29, 0.717) is 0 Å². The van der Waals surface area contributed by atoms with Crippen LogP contribution in [0, 0.1) is 4.77 Å². The predicted molar refractivity (Wildman–Crippen MR) is 73.8 cm³/mol. The molecular formula is C13H19N3S. The molecular weight excluding hydrogens is 230 g/mol. The van der Waals surface area contributed by atoms with E-state index in [0.717, 1.165) is 35.1 Å². The van der Waals surface area contributed by atoms with Crippen molar-refractivity contribution >= 4 is 23.3 Å². The zero-order valence-electron chi connectivity index (χ0n) is 10.7. The first kappa shape index (κ1) is 12.3. The SMILES string of the molecule is CCC(CC)(CC)n1c(=S)[nH]c2cnccc21. The molecule has 0 aliphatic rings. The summed E-state index contributed by atoms with van der Waals surface area (Å²) >= 11 is 5.48. The zero-order valence-corrected chi connectivity index (χ0v) is 11.5. The van der Waals surface area contributed by atoms with Crippen molar-refractivity contribution < 1.29 is 0 Å². The highest BCUT2D eigenvalue weighted by Crippen LogP contribution is 2.32. The third-order valence-electron chi connectivity index (χ3n) is 3.93. The van der Waals surface area contributed by atoms with E-state index in [1.165, 1.54) is 0 Å². The fourth-order valence-corrected chi connectivity index (χ4v) is 3.06. The van der Waals surface area contributed by atoms with Gasteiger partial charge >= 0.3 is 0 Å². The van der Waals surface area contributed by atoms with Crippen LogP contribution >= 0.6 is 12.2 Å². The molecule has 0 amide bonds. The topological polar surface area (TPSA) is 33.6 Å². The maximum Gasteiger partial charge on any atom is 0.178 e. The molecule has 0 bridgehead atoms. The Morgan fingerprint density at radius 3 is 2.53 bits per heavy atom. The van der Waals surface area contributed by atoms with Crippen LogP contribution in [-0.4, -0.2) is 14.5 Å². The number of hydrogen-bond donors (Lipinski definition) is 1. The minimum absolute atomic E-state index is 0.122. The Morgan fingerprint density at radius 1 is 1.29 bits per heavy atom. The summed E-state index contributed by atoms with van der Waals surface area (Å²) in [6.07, 6.45) is 6.93. The Morgan fingerprint density at radius 2 is 1.94 bits per heavy atom. The van der Waals surface area contributed by atoms with Crippen molar-refractivity contribution in [3.8, 4) is 0 Å². The lowest BCUT2D eigenvalue weighted by Crippen LogP contribution is -2.31. The molecule has 2 aromatic heterocycles. The molecule has 0 saturated carbocycles. The van der Waals surface area contributed by atoms with Gasteiger partial charge in [-0.1, -0.05) is 20.8 Å². The Kier molecular flexibility index (Phi) is 3.33. The summed E-state index contributed by atoms with van der Waals surface area (Å²) in [6.45, 7) is 6.69. The highest BCUT2D eigenvalue weighted by Gasteiger charge is 2.28. The van der Waals surface area contributed by atoms with E-state index >= 15 is 0 Å². The smallest absolute Gasteiger partial charge is 0.178 e. The highest BCUT2D eigenvalue weighted by atomic mass is 32.1. The van der Waals surface area contributed by atoms with Gasteiger partial charge in [-0.15, -0.1) is 0 Å². The van der Waals surface area contributed by atoms with Crippen LogP contribution < -0.4 is 0 Å². The van der Waals surface area contributed by atoms with Crippen molar-refractivity contribution in [1.82, 2.24) is 14.5 Å². The van der Waals surface area contributed by atoms with Crippen LogP contribution in [-0.2, 0) is 5.54 Å². The monoisotopic (exact) mass is 249 g/mol. The Balaban J connectivity index is 2.77. The van der Waals surface area contributed by atoms with E-state index < -0.39 is 0 Å². The van der Waals surface area contributed by atoms with Crippen LogP contribution in [0.5, 0.6) is 0 Å². The lowest BCUT2D eigenvalue weighted by molar-refractivity contribution is 0.255. The third-order valence-corrected chi connectivity index (χ3v) is 4.22. The van der Waals surface area contributed by atoms with E-state index in [1.54, 1.807) is 0 Å². The molecule has 0 saturated heterocycles. The van der Waals surface area contributed by atoms with Gasteiger partial charge in [0.2, 0.25) is 0 Å². The van der Waals surface area contributed by atoms with Crippen molar-refractivity contribution in [2.24, 2.45) is 0 Å². The molecule has 4 heteroatoms. The quantitative estimate of drug-likeness (QED) is 0.830. The fourth-order valence-electron chi connectivity index (χ4n) is 2.65. The average molecular weight is 249 g/mol. The van der Waals surface area contributed by atoms with Gasteiger partial charge in [-0.2, -0.15) is 0 Å². The number of H-pyrrole nitrogens is 1. The lowest BCUT2D eigenvalue weighted by atomic mass is 9.89. The summed E-state index contributed by atoms with van der Waals surface area (Å²) in [6, 6.07) is 2.04. The van der Waals surface area contributed by atoms with Crippen LogP contribution in [0.4, 0.5) is 0 Å². The molecule has 2 rings (SSSR count). The first-order valence-electron chi connectivity index (χ1n) is 6.23. The van der Waals surface area contributed by atoms with Gasteiger partial charge in [-0.05, 0) is 37.5 Å². The number of aromatic amines is 1. The Hall–Kier alpha value is -1.16. The van der Waals surface area contributed by atoms with Crippen molar-refractivity contribution in [3.05, 3.63) is 23.2 Å². The largest absolute Gasteiger partial charge is 0.329 e. The number of fused-ring (bicyclic) bond motifs is 1. The number of nitrogens with one attached hydrogen (secondary N) is 1. The van der Waals surface area contributed by atoms with Gasteiger partial charge in [0.1, 0.15) is 0 Å². The molecule has 0 aliphatic carbocycles. The molecule has 1 N–H and O–H groups in total. The molecule has 0 aromatic carbocycles. The second kappa shape index (κ2) is 4.61. The lowest BCUT2D eigenvalue weighted by Gasteiger charge is -2.33. The maximum absolute atomic E-state index is 5.48. The van der Waals surface area contributed by atoms with E-state index in [-0.39, 0.29) is 5.54 Å². The minimum atomic E-state index is 0.122. The number of nitrogens with zero attached hydrogens (tertiary/aromatic N) is 2. The predicted octanol–water partition coefficient (Wildman–Crippen LogP) is 4.02. The molecule has 0 fully saturated rings. The molecule has 3 nitrogen and oxygen atoms in total. The second-order valence-electron chi connectivity index (χ2n) is 4.44. The van der Waals surface area contributed by atoms with Crippen molar-refractivity contribution in [2.75, 3.05) is 0 Å². The van der Waals surface area contributed by atoms with Gasteiger partial charge < -0.3 is 9.55 Å². The molecule has 2 heterocycles. The number of aromatic nitrogens is 3. The van der Waals surface area contributed by atoms with Crippen molar-refractivity contribution in [1.29, 1.82) is 0 Å². The van der Waals surface area contributed by atoms with Gasteiger partial charge in [0.05, 0.1) is 17.2 Å². The third kappa shape index (κ3) is 1.80.